The molecule has 8 nitrogen and oxygen atoms in total. The molecule has 2 fully saturated rings. The fraction of sp³-hybridized carbons (Fsp3) is 0.357. The van der Waals surface area contributed by atoms with Crippen molar-refractivity contribution in [2.45, 2.75) is 43.7 Å². The van der Waals surface area contributed by atoms with Gasteiger partial charge < -0.3 is 5.32 Å². The molecule has 186 valence electrons. The molecule has 0 radical (unpaired) electrons. The van der Waals surface area contributed by atoms with Gasteiger partial charge >= 0.3 is 6.03 Å². The summed E-state index contributed by atoms with van der Waals surface area (Å²) in [7, 11) is 4.31. The van der Waals surface area contributed by atoms with Crippen molar-refractivity contribution < 1.29 is 4.79 Å². The number of carbonyl (C=O) groups excluding carboxylic acids is 1. The van der Waals surface area contributed by atoms with Crippen molar-refractivity contribution in [1.82, 2.24) is 24.9 Å². The molecule has 3 aromatic rings. The summed E-state index contributed by atoms with van der Waals surface area (Å²) >= 11 is 0. The van der Waals surface area contributed by atoms with Gasteiger partial charge in [0.1, 0.15) is 0 Å². The highest BCUT2D eigenvalue weighted by atomic mass is 16.2. The fourth-order valence-corrected chi connectivity index (χ4v) is 5.68. The molecular weight excluding hydrogens is 450 g/mol. The number of fused-ring (bicyclic) bond motifs is 1. The molecule has 1 saturated heterocycles. The monoisotopic (exact) mass is 483 g/mol. The van der Waals surface area contributed by atoms with E-state index in [0.29, 0.717) is 12.5 Å². The Bertz CT molecular complexity index is 1330. The first-order valence-corrected chi connectivity index (χ1v) is 12.3. The molecule has 36 heavy (non-hydrogen) atoms. The van der Waals surface area contributed by atoms with Gasteiger partial charge in [-0.25, -0.2) is 14.8 Å². The molecule has 2 aliphatic rings. The van der Waals surface area contributed by atoms with Crippen molar-refractivity contribution in [3.8, 4) is 0 Å². The van der Waals surface area contributed by atoms with Crippen LogP contribution in [-0.2, 0) is 5.54 Å². The number of para-hydroxylation sites is 1. The Balaban J connectivity index is 1.34. The zero-order chi connectivity index (χ0) is 25.3. The number of hydrogen-bond donors (Lipinski definition) is 1. The number of allylic oxidation sites excluding steroid dienone is 1. The van der Waals surface area contributed by atoms with Crippen LogP contribution in [0.5, 0.6) is 0 Å². The van der Waals surface area contributed by atoms with Gasteiger partial charge in [0, 0.05) is 16.6 Å². The molecule has 0 bridgehead atoms. The smallest absolute Gasteiger partial charge is 0.322 e. The van der Waals surface area contributed by atoms with Crippen LogP contribution in [0, 0.1) is 0 Å². The normalized spacial score (nSPS) is 25.1. The predicted molar refractivity (Wildman–Crippen MR) is 144 cm³/mol. The number of urea groups is 1. The maximum atomic E-state index is 13.0. The molecule has 2 heterocycles. The topological polar surface area (TPSA) is 78.1 Å². The predicted octanol–water partition coefficient (Wildman–Crippen LogP) is 4.60. The number of hydrogen-bond acceptors (Lipinski definition) is 4. The van der Waals surface area contributed by atoms with E-state index in [-0.39, 0.29) is 17.1 Å². The van der Waals surface area contributed by atoms with Crippen LogP contribution in [0.2, 0.25) is 0 Å². The zero-order valence-electron chi connectivity index (χ0n) is 21.2. The number of aliphatic imine (C=N–C) groups is 2. The van der Waals surface area contributed by atoms with Crippen LogP contribution in [0.15, 0.2) is 82.7 Å². The van der Waals surface area contributed by atoms with Crippen molar-refractivity contribution in [2.75, 3.05) is 20.6 Å². The van der Waals surface area contributed by atoms with Crippen molar-refractivity contribution in [3.63, 3.8) is 0 Å². The molecule has 1 aromatic heterocycles. The van der Waals surface area contributed by atoms with Crippen LogP contribution >= 0.6 is 0 Å². The average Bonchev–Trinajstić information content (AvgIpc) is 3.46. The molecule has 1 saturated carbocycles. The van der Waals surface area contributed by atoms with E-state index in [1.165, 1.54) is 5.56 Å². The highest BCUT2D eigenvalue weighted by Crippen LogP contribution is 2.46. The van der Waals surface area contributed by atoms with Crippen molar-refractivity contribution in [2.24, 2.45) is 9.98 Å². The van der Waals surface area contributed by atoms with Crippen LogP contribution < -0.4 is 5.32 Å². The molecule has 1 aliphatic heterocycles. The van der Waals surface area contributed by atoms with E-state index in [2.05, 4.69) is 76.4 Å². The summed E-state index contributed by atoms with van der Waals surface area (Å²) in [5, 5.41) is 8.71. The van der Waals surface area contributed by atoms with Gasteiger partial charge in [0.25, 0.3) is 0 Å². The average molecular weight is 484 g/mol. The molecule has 8 heteroatoms. The van der Waals surface area contributed by atoms with E-state index in [0.717, 1.165) is 42.3 Å². The van der Waals surface area contributed by atoms with E-state index in [1.54, 1.807) is 22.0 Å². The lowest BCUT2D eigenvalue weighted by molar-refractivity contribution is 0.0629. The zero-order valence-corrected chi connectivity index (χ0v) is 21.2. The standard InChI is InChI=1S/C28H33N7O/c1-21(18-30-25(29-2)35-24-13-9-8-10-22(24)19-31-35)34-20-27(32-26(34)36)14-16-28(17-15-27,33(3)4)23-11-6-5-7-12-23/h5-13,18-19H,2,14-17,20H2,1,3-4H3,(H,32,36)/b21-18+,30-25+/t27-,28+. The largest absolute Gasteiger partial charge is 0.330 e. The summed E-state index contributed by atoms with van der Waals surface area (Å²) in [6.07, 6.45) is 7.24. The molecule has 2 amide bonds. The number of benzene rings is 2. The molecule has 1 N–H and O–H groups in total. The number of rotatable bonds is 4. The Kier molecular flexibility index (Phi) is 6.22. The molecule has 0 unspecified atom stereocenters. The van der Waals surface area contributed by atoms with Gasteiger partial charge in [0.05, 0.1) is 30.0 Å². The minimum atomic E-state index is -0.234. The molecule has 0 atom stereocenters. The SMILES string of the molecule is C=N/C(=N\C=C(/C)N1C[C@]2(CC[C@](c3ccccc3)(N(C)C)CC2)NC1=O)n1ncc2ccccc21. The van der Waals surface area contributed by atoms with Crippen molar-refractivity contribution in [1.29, 1.82) is 0 Å². The van der Waals surface area contributed by atoms with E-state index < -0.39 is 0 Å². The van der Waals surface area contributed by atoms with Gasteiger partial charge in [-0.1, -0.05) is 48.5 Å². The highest BCUT2D eigenvalue weighted by Gasteiger charge is 2.50. The van der Waals surface area contributed by atoms with Gasteiger partial charge in [-0.05, 0) is 65.0 Å². The van der Waals surface area contributed by atoms with Crippen LogP contribution in [0.25, 0.3) is 10.9 Å². The van der Waals surface area contributed by atoms with Crippen molar-refractivity contribution >= 4 is 29.6 Å². The number of nitrogens with zero attached hydrogens (tertiary/aromatic N) is 6. The lowest BCUT2D eigenvalue weighted by Gasteiger charge is -2.48. The number of aromatic nitrogens is 2. The third kappa shape index (κ3) is 4.11. The van der Waals surface area contributed by atoms with Gasteiger partial charge in [-0.15, -0.1) is 0 Å². The minimum Gasteiger partial charge on any atom is -0.330 e. The van der Waals surface area contributed by atoms with Gasteiger partial charge in [-0.3, -0.25) is 9.80 Å². The molecule has 5 rings (SSSR count). The first kappa shape index (κ1) is 23.9. The van der Waals surface area contributed by atoms with E-state index >= 15 is 0 Å². The number of nitrogens with one attached hydrogen (secondary N) is 1. The summed E-state index contributed by atoms with van der Waals surface area (Å²) in [4.78, 5) is 25.8. The lowest BCUT2D eigenvalue weighted by atomic mass is 9.69. The van der Waals surface area contributed by atoms with Gasteiger partial charge in [0.15, 0.2) is 0 Å². The maximum absolute atomic E-state index is 13.0. The Hall–Kier alpha value is -3.78. The first-order chi connectivity index (χ1) is 17.4. The Morgan fingerprint density at radius 2 is 1.78 bits per heavy atom. The number of carbonyl (C=O) groups is 1. The van der Waals surface area contributed by atoms with Crippen LogP contribution in [-0.4, -0.2) is 64.5 Å². The van der Waals surface area contributed by atoms with Crippen LogP contribution in [0.4, 0.5) is 4.79 Å². The van der Waals surface area contributed by atoms with E-state index in [1.807, 2.05) is 31.2 Å². The van der Waals surface area contributed by atoms with Crippen LogP contribution in [0.3, 0.4) is 0 Å². The number of amides is 2. The third-order valence-electron chi connectivity index (χ3n) is 7.88. The summed E-state index contributed by atoms with van der Waals surface area (Å²) in [6, 6.07) is 18.5. The van der Waals surface area contributed by atoms with Crippen LogP contribution in [0.1, 0.15) is 38.2 Å². The molecule has 2 aromatic carbocycles. The third-order valence-corrected chi connectivity index (χ3v) is 7.88. The second-order valence-corrected chi connectivity index (χ2v) is 10.1. The lowest BCUT2D eigenvalue weighted by Crippen LogP contribution is -2.53. The Labute approximate surface area is 212 Å². The quantitative estimate of drug-likeness (QED) is 0.435. The molecule has 1 aliphatic carbocycles. The van der Waals surface area contributed by atoms with Gasteiger partial charge in [-0.2, -0.15) is 9.78 Å². The summed E-state index contributed by atoms with van der Waals surface area (Å²) in [5.41, 5.74) is 2.75. The second-order valence-electron chi connectivity index (χ2n) is 10.1. The van der Waals surface area contributed by atoms with E-state index in [9.17, 15) is 4.79 Å². The summed E-state index contributed by atoms with van der Waals surface area (Å²) in [5.74, 6) is 0.362. The fourth-order valence-electron chi connectivity index (χ4n) is 5.68. The highest BCUT2D eigenvalue weighted by molar-refractivity contribution is 5.94. The summed E-state index contributed by atoms with van der Waals surface area (Å²) in [6.45, 7) is 6.20. The summed E-state index contributed by atoms with van der Waals surface area (Å²) < 4.78 is 1.66. The van der Waals surface area contributed by atoms with E-state index in [4.69, 9.17) is 0 Å². The molecular formula is C28H33N7O. The van der Waals surface area contributed by atoms with Gasteiger partial charge in [0.2, 0.25) is 5.96 Å². The Morgan fingerprint density at radius 1 is 1.08 bits per heavy atom. The first-order valence-electron chi connectivity index (χ1n) is 12.3. The van der Waals surface area contributed by atoms with Crippen molar-refractivity contribution in [3.05, 3.63) is 78.3 Å². The minimum absolute atomic E-state index is 0.0170. The second kappa shape index (κ2) is 9.35. The maximum Gasteiger partial charge on any atom is 0.322 e. The Morgan fingerprint density at radius 3 is 2.47 bits per heavy atom. The molecule has 1 spiro atoms.